The van der Waals surface area contributed by atoms with Gasteiger partial charge in [0, 0.05) is 13.1 Å². The van der Waals surface area contributed by atoms with Crippen molar-refractivity contribution in [3.63, 3.8) is 0 Å². The summed E-state index contributed by atoms with van der Waals surface area (Å²) >= 11 is 0. The fourth-order valence-electron chi connectivity index (χ4n) is 1.88. The summed E-state index contributed by atoms with van der Waals surface area (Å²) in [6, 6.07) is 7.77. The SMILES string of the molecule is Cn1c(C(F)(F)F)cc(=O)n(-c2ccccc2C#N)c1=O. The zero-order chi connectivity index (χ0) is 15.8. The first-order valence-electron chi connectivity index (χ1n) is 5.67. The summed E-state index contributed by atoms with van der Waals surface area (Å²) in [6.45, 7) is 0. The third-order valence-corrected chi connectivity index (χ3v) is 2.88. The fourth-order valence-corrected chi connectivity index (χ4v) is 1.88. The van der Waals surface area contributed by atoms with Crippen LogP contribution in [0.4, 0.5) is 13.2 Å². The number of benzene rings is 1. The molecule has 2 rings (SSSR count). The molecule has 0 atom stereocenters. The van der Waals surface area contributed by atoms with E-state index in [4.69, 9.17) is 5.26 Å². The van der Waals surface area contributed by atoms with Crippen LogP contribution in [0.1, 0.15) is 11.3 Å². The quantitative estimate of drug-likeness (QED) is 0.799. The molecular weight excluding hydrogens is 287 g/mol. The molecule has 0 aliphatic rings. The van der Waals surface area contributed by atoms with Gasteiger partial charge in [-0.2, -0.15) is 18.4 Å². The molecule has 21 heavy (non-hydrogen) atoms. The second-order valence-corrected chi connectivity index (χ2v) is 4.17. The van der Waals surface area contributed by atoms with E-state index in [1.807, 2.05) is 0 Å². The van der Waals surface area contributed by atoms with Crippen molar-refractivity contribution in [2.75, 3.05) is 0 Å². The number of hydrogen-bond donors (Lipinski definition) is 0. The lowest BCUT2D eigenvalue weighted by atomic mass is 10.2. The molecule has 0 spiro atoms. The van der Waals surface area contributed by atoms with Gasteiger partial charge in [0.15, 0.2) is 0 Å². The third kappa shape index (κ3) is 2.45. The van der Waals surface area contributed by atoms with Crippen LogP contribution in [0.3, 0.4) is 0 Å². The van der Waals surface area contributed by atoms with Gasteiger partial charge in [-0.15, -0.1) is 0 Å². The molecule has 0 amide bonds. The van der Waals surface area contributed by atoms with E-state index in [0.29, 0.717) is 15.2 Å². The van der Waals surface area contributed by atoms with Crippen molar-refractivity contribution >= 4 is 0 Å². The molecule has 1 aromatic carbocycles. The molecule has 1 heterocycles. The Morgan fingerprint density at radius 1 is 1.19 bits per heavy atom. The van der Waals surface area contributed by atoms with Crippen LogP contribution in [-0.2, 0) is 13.2 Å². The van der Waals surface area contributed by atoms with Crippen molar-refractivity contribution in [1.82, 2.24) is 9.13 Å². The van der Waals surface area contributed by atoms with Crippen molar-refractivity contribution in [1.29, 1.82) is 5.26 Å². The standard InChI is InChI=1S/C13H8F3N3O2/c1-18-10(13(14,15)16)6-11(20)19(12(18)21)9-5-3-2-4-8(9)7-17/h2-6H,1H3. The summed E-state index contributed by atoms with van der Waals surface area (Å²) in [5.41, 5.74) is -3.70. The molecule has 0 saturated carbocycles. The Kier molecular flexibility index (Phi) is 3.43. The van der Waals surface area contributed by atoms with Gasteiger partial charge in [-0.25, -0.2) is 9.36 Å². The minimum atomic E-state index is -4.82. The van der Waals surface area contributed by atoms with E-state index < -0.39 is 23.1 Å². The van der Waals surface area contributed by atoms with Crippen LogP contribution in [0.2, 0.25) is 0 Å². The van der Waals surface area contributed by atoms with Crippen LogP contribution in [0.25, 0.3) is 5.69 Å². The van der Waals surface area contributed by atoms with E-state index in [2.05, 4.69) is 0 Å². The van der Waals surface area contributed by atoms with E-state index in [0.717, 1.165) is 7.05 Å². The highest BCUT2D eigenvalue weighted by atomic mass is 19.4. The van der Waals surface area contributed by atoms with Gasteiger partial charge >= 0.3 is 11.9 Å². The summed E-state index contributed by atoms with van der Waals surface area (Å²) in [5, 5.41) is 8.96. The maximum Gasteiger partial charge on any atom is 0.431 e. The van der Waals surface area contributed by atoms with Crippen molar-refractivity contribution in [3.05, 3.63) is 62.4 Å². The minimum Gasteiger partial charge on any atom is -0.292 e. The molecule has 0 radical (unpaired) electrons. The molecule has 8 heteroatoms. The van der Waals surface area contributed by atoms with Crippen LogP contribution in [0.5, 0.6) is 0 Å². The Labute approximate surface area is 116 Å². The second-order valence-electron chi connectivity index (χ2n) is 4.17. The number of hydrogen-bond acceptors (Lipinski definition) is 3. The molecule has 0 aliphatic carbocycles. The van der Waals surface area contributed by atoms with Crippen molar-refractivity contribution < 1.29 is 13.2 Å². The summed E-state index contributed by atoms with van der Waals surface area (Å²) in [7, 11) is 0.913. The van der Waals surface area contributed by atoms with Crippen LogP contribution in [0, 0.1) is 11.3 Å². The van der Waals surface area contributed by atoms with E-state index >= 15 is 0 Å². The summed E-state index contributed by atoms with van der Waals surface area (Å²) in [6.07, 6.45) is -4.82. The van der Waals surface area contributed by atoms with Gasteiger partial charge in [0.1, 0.15) is 11.8 Å². The molecule has 5 nitrogen and oxygen atoms in total. The third-order valence-electron chi connectivity index (χ3n) is 2.88. The lowest BCUT2D eigenvalue weighted by Gasteiger charge is -2.14. The number of rotatable bonds is 1. The zero-order valence-electron chi connectivity index (χ0n) is 10.7. The van der Waals surface area contributed by atoms with E-state index in [1.54, 1.807) is 6.07 Å². The monoisotopic (exact) mass is 295 g/mol. The molecule has 0 aliphatic heterocycles. The topological polar surface area (TPSA) is 67.8 Å². The highest BCUT2D eigenvalue weighted by Gasteiger charge is 2.35. The second kappa shape index (κ2) is 4.94. The average molecular weight is 295 g/mol. The average Bonchev–Trinajstić information content (AvgIpc) is 2.42. The van der Waals surface area contributed by atoms with Crippen LogP contribution in [-0.4, -0.2) is 9.13 Å². The fraction of sp³-hybridized carbons (Fsp3) is 0.154. The first-order chi connectivity index (χ1) is 9.77. The molecule has 0 N–H and O–H groups in total. The van der Waals surface area contributed by atoms with Crippen LogP contribution in [0.15, 0.2) is 39.9 Å². The van der Waals surface area contributed by atoms with Crippen molar-refractivity contribution in [2.45, 2.75) is 6.18 Å². The molecule has 2 aromatic rings. The molecule has 0 unspecified atom stereocenters. The van der Waals surface area contributed by atoms with E-state index in [9.17, 15) is 22.8 Å². The first kappa shape index (κ1) is 14.6. The Morgan fingerprint density at radius 2 is 1.81 bits per heavy atom. The number of para-hydroxylation sites is 1. The number of alkyl halides is 3. The highest BCUT2D eigenvalue weighted by molar-refractivity contribution is 5.48. The van der Waals surface area contributed by atoms with E-state index in [-0.39, 0.29) is 11.3 Å². The molecule has 0 fully saturated rings. The largest absolute Gasteiger partial charge is 0.431 e. The Balaban J connectivity index is 2.86. The van der Waals surface area contributed by atoms with Gasteiger partial charge in [0.2, 0.25) is 0 Å². The maximum atomic E-state index is 12.7. The zero-order valence-corrected chi connectivity index (χ0v) is 10.7. The number of nitrogens with zero attached hydrogens (tertiary/aromatic N) is 3. The summed E-state index contributed by atoms with van der Waals surface area (Å²) in [4.78, 5) is 23.9. The minimum absolute atomic E-state index is 0.0106. The van der Waals surface area contributed by atoms with Crippen molar-refractivity contribution in [3.8, 4) is 11.8 Å². The molecule has 1 aromatic heterocycles. The van der Waals surface area contributed by atoms with Crippen LogP contribution >= 0.6 is 0 Å². The maximum absolute atomic E-state index is 12.7. The molecule has 0 bridgehead atoms. The van der Waals surface area contributed by atoms with Gasteiger partial charge < -0.3 is 0 Å². The number of aromatic nitrogens is 2. The Morgan fingerprint density at radius 3 is 2.38 bits per heavy atom. The number of nitriles is 1. The first-order valence-corrected chi connectivity index (χ1v) is 5.67. The lowest BCUT2D eigenvalue weighted by Crippen LogP contribution is -2.41. The molecule has 0 saturated heterocycles. The Hall–Kier alpha value is -2.82. The molecular formula is C13H8F3N3O2. The van der Waals surface area contributed by atoms with Gasteiger partial charge in [-0.1, -0.05) is 12.1 Å². The lowest BCUT2D eigenvalue weighted by molar-refractivity contribution is -0.144. The molecule has 108 valence electrons. The Bertz CT molecular complexity index is 857. The van der Waals surface area contributed by atoms with Crippen LogP contribution < -0.4 is 11.2 Å². The van der Waals surface area contributed by atoms with E-state index in [1.165, 1.54) is 24.3 Å². The van der Waals surface area contributed by atoms with Gasteiger partial charge in [0.25, 0.3) is 5.56 Å². The smallest absolute Gasteiger partial charge is 0.292 e. The van der Waals surface area contributed by atoms with Crippen molar-refractivity contribution in [2.24, 2.45) is 7.05 Å². The van der Waals surface area contributed by atoms with Gasteiger partial charge in [-0.05, 0) is 12.1 Å². The van der Waals surface area contributed by atoms with Gasteiger partial charge in [-0.3, -0.25) is 9.36 Å². The normalized spacial score (nSPS) is 11.2. The summed E-state index contributed by atoms with van der Waals surface area (Å²) < 4.78 is 39.0. The predicted molar refractivity (Wildman–Crippen MR) is 67.0 cm³/mol. The van der Waals surface area contributed by atoms with Gasteiger partial charge in [0.05, 0.1) is 11.3 Å². The summed E-state index contributed by atoms with van der Waals surface area (Å²) in [5.74, 6) is 0. The highest BCUT2D eigenvalue weighted by Crippen LogP contribution is 2.27. The number of halogens is 3. The predicted octanol–water partition coefficient (Wildman–Crippen LogP) is 1.43.